The van der Waals surface area contributed by atoms with E-state index >= 15 is 0 Å². The first-order valence-electron chi connectivity index (χ1n) is 11.8. The van der Waals surface area contributed by atoms with Crippen molar-refractivity contribution >= 4 is 23.2 Å². The molecule has 0 amide bonds. The van der Waals surface area contributed by atoms with Crippen LogP contribution in [0.25, 0.3) is 11.4 Å². The van der Waals surface area contributed by atoms with Gasteiger partial charge in [-0.15, -0.1) is 10.2 Å². The maximum absolute atomic E-state index is 13.0. The molecule has 1 aromatic heterocycles. The van der Waals surface area contributed by atoms with Gasteiger partial charge in [0.15, 0.2) is 5.82 Å². The number of hydrogen-bond donors (Lipinski definition) is 0. The van der Waals surface area contributed by atoms with Crippen molar-refractivity contribution in [1.29, 1.82) is 0 Å². The van der Waals surface area contributed by atoms with Crippen molar-refractivity contribution in [2.45, 2.75) is 37.8 Å². The van der Waals surface area contributed by atoms with E-state index in [4.69, 9.17) is 23.2 Å². The fourth-order valence-electron chi connectivity index (χ4n) is 5.83. The highest BCUT2D eigenvalue weighted by atomic mass is 35.5. The van der Waals surface area contributed by atoms with Gasteiger partial charge in [0.05, 0.1) is 10.6 Å². The van der Waals surface area contributed by atoms with Gasteiger partial charge >= 0.3 is 6.18 Å². The summed E-state index contributed by atoms with van der Waals surface area (Å²) in [7, 11) is 1.94. The SMILES string of the molecule is C[C@H]1[C@H]2CN(CCCCc3nnc(-c4ccc(Cl)cc4Cl)n3C)C[C@]21c1ccc(C(F)(F)F)cc1. The number of benzene rings is 2. The maximum atomic E-state index is 13.0. The Bertz CT molecular complexity index is 1220. The van der Waals surface area contributed by atoms with Crippen LogP contribution < -0.4 is 0 Å². The zero-order chi connectivity index (χ0) is 25.0. The Morgan fingerprint density at radius 1 is 1.06 bits per heavy atom. The van der Waals surface area contributed by atoms with E-state index in [0.29, 0.717) is 27.7 Å². The van der Waals surface area contributed by atoms with Crippen LogP contribution in [0, 0.1) is 11.8 Å². The average Bonchev–Trinajstić information content (AvgIpc) is 3.10. The summed E-state index contributed by atoms with van der Waals surface area (Å²) in [6.07, 6.45) is -1.48. The van der Waals surface area contributed by atoms with E-state index < -0.39 is 11.7 Å². The molecule has 0 radical (unpaired) electrons. The molecule has 4 nitrogen and oxygen atoms in total. The first kappa shape index (κ1) is 24.6. The molecule has 0 bridgehead atoms. The predicted molar refractivity (Wildman–Crippen MR) is 132 cm³/mol. The molecule has 1 aliphatic carbocycles. The summed E-state index contributed by atoms with van der Waals surface area (Å²) in [6.45, 7) is 5.11. The van der Waals surface area contributed by atoms with E-state index in [1.54, 1.807) is 24.3 Å². The number of nitrogens with zero attached hydrogens (tertiary/aromatic N) is 4. The molecule has 5 rings (SSSR count). The number of halogens is 5. The lowest BCUT2D eigenvalue weighted by Gasteiger charge is -2.23. The third kappa shape index (κ3) is 4.47. The van der Waals surface area contributed by atoms with Crippen molar-refractivity contribution in [3.05, 3.63) is 69.5 Å². The first-order valence-corrected chi connectivity index (χ1v) is 12.6. The van der Waals surface area contributed by atoms with Gasteiger partial charge in [0, 0.05) is 42.6 Å². The lowest BCUT2D eigenvalue weighted by Crippen LogP contribution is -2.29. The normalized spacial score (nSPS) is 24.1. The summed E-state index contributed by atoms with van der Waals surface area (Å²) in [5.74, 6) is 2.65. The first-order chi connectivity index (χ1) is 16.6. The van der Waals surface area contributed by atoms with Gasteiger partial charge in [0.25, 0.3) is 0 Å². The Morgan fingerprint density at radius 3 is 2.49 bits per heavy atom. The number of alkyl halides is 3. The molecular formula is C26H27Cl2F3N4. The minimum Gasteiger partial charge on any atom is -0.314 e. The van der Waals surface area contributed by atoms with Crippen molar-refractivity contribution < 1.29 is 13.2 Å². The number of fused-ring (bicyclic) bond motifs is 1. The van der Waals surface area contributed by atoms with Crippen LogP contribution in [0.2, 0.25) is 10.0 Å². The van der Waals surface area contributed by atoms with Gasteiger partial charge in [-0.1, -0.05) is 42.3 Å². The van der Waals surface area contributed by atoms with Crippen LogP contribution in [0.4, 0.5) is 13.2 Å². The number of aromatic nitrogens is 3. The summed E-state index contributed by atoms with van der Waals surface area (Å²) in [6, 6.07) is 11.2. The zero-order valence-corrected chi connectivity index (χ0v) is 21.1. The van der Waals surface area contributed by atoms with Gasteiger partial charge in [0.1, 0.15) is 5.82 Å². The van der Waals surface area contributed by atoms with Crippen LogP contribution in [0.3, 0.4) is 0 Å². The minimum atomic E-state index is -4.29. The quantitative estimate of drug-likeness (QED) is 0.325. The van der Waals surface area contributed by atoms with E-state index in [9.17, 15) is 13.2 Å². The molecule has 35 heavy (non-hydrogen) atoms. The molecule has 1 saturated carbocycles. The Kier molecular flexibility index (Phi) is 6.39. The lowest BCUT2D eigenvalue weighted by molar-refractivity contribution is -0.137. The Balaban J connectivity index is 1.15. The number of rotatable bonds is 7. The highest BCUT2D eigenvalue weighted by Crippen LogP contribution is 2.63. The fraction of sp³-hybridized carbons (Fsp3) is 0.462. The Morgan fingerprint density at radius 2 is 1.80 bits per heavy atom. The Hall–Kier alpha value is -2.09. The van der Waals surface area contributed by atoms with Crippen molar-refractivity contribution in [2.24, 2.45) is 18.9 Å². The van der Waals surface area contributed by atoms with E-state index in [-0.39, 0.29) is 5.41 Å². The molecule has 2 heterocycles. The molecule has 3 atom stereocenters. The molecule has 2 aliphatic rings. The number of likely N-dealkylation sites (tertiary alicyclic amines) is 1. The van der Waals surface area contributed by atoms with Crippen molar-refractivity contribution in [3.8, 4) is 11.4 Å². The summed E-state index contributed by atoms with van der Waals surface area (Å²) < 4.78 is 40.8. The number of unbranched alkanes of at least 4 members (excludes halogenated alkanes) is 1. The molecule has 0 N–H and O–H groups in total. The summed E-state index contributed by atoms with van der Waals surface area (Å²) in [5, 5.41) is 9.81. The smallest absolute Gasteiger partial charge is 0.314 e. The van der Waals surface area contributed by atoms with Gasteiger partial charge in [0.2, 0.25) is 0 Å². The molecular weight excluding hydrogens is 496 g/mol. The third-order valence-electron chi connectivity index (χ3n) is 7.92. The fourth-order valence-corrected chi connectivity index (χ4v) is 6.33. The number of aryl methyl sites for hydroxylation is 1. The molecule has 2 fully saturated rings. The summed E-state index contributed by atoms with van der Waals surface area (Å²) >= 11 is 12.3. The summed E-state index contributed by atoms with van der Waals surface area (Å²) in [5.41, 5.74) is 1.26. The van der Waals surface area contributed by atoms with Crippen LogP contribution >= 0.6 is 23.2 Å². The number of piperidine rings is 1. The zero-order valence-electron chi connectivity index (χ0n) is 19.6. The van der Waals surface area contributed by atoms with Gasteiger partial charge in [-0.3, -0.25) is 0 Å². The van der Waals surface area contributed by atoms with Crippen molar-refractivity contribution in [3.63, 3.8) is 0 Å². The van der Waals surface area contributed by atoms with E-state index in [1.807, 2.05) is 17.7 Å². The standard InChI is InChI=1S/C26H27Cl2F3N4/c1-16-21-14-35(15-25(16,21)17-6-8-18(9-7-17)26(29,30)31)12-4-3-5-23-32-33-24(34(23)2)20-11-10-19(27)13-22(20)28/h6-11,13,16,21H,3-5,12,14-15H2,1-2H3/t16-,21+,25-/m0/s1. The van der Waals surface area contributed by atoms with E-state index in [1.165, 1.54) is 12.1 Å². The topological polar surface area (TPSA) is 34.0 Å². The van der Waals surface area contributed by atoms with Crippen LogP contribution in [-0.2, 0) is 25.1 Å². The largest absolute Gasteiger partial charge is 0.416 e. The van der Waals surface area contributed by atoms with E-state index in [0.717, 1.165) is 55.8 Å². The second-order valence-corrected chi connectivity index (χ2v) is 10.7. The monoisotopic (exact) mass is 522 g/mol. The average molecular weight is 523 g/mol. The lowest BCUT2D eigenvalue weighted by atomic mass is 9.92. The van der Waals surface area contributed by atoms with Crippen LogP contribution in [0.5, 0.6) is 0 Å². The van der Waals surface area contributed by atoms with E-state index in [2.05, 4.69) is 22.0 Å². The third-order valence-corrected chi connectivity index (χ3v) is 8.47. The second-order valence-electron chi connectivity index (χ2n) is 9.83. The molecule has 3 aromatic rings. The Labute approximate surface area is 213 Å². The molecule has 9 heteroatoms. The maximum Gasteiger partial charge on any atom is 0.416 e. The van der Waals surface area contributed by atoms with Gasteiger partial charge in [-0.05, 0) is 67.1 Å². The van der Waals surface area contributed by atoms with Crippen LogP contribution in [0.15, 0.2) is 42.5 Å². The molecule has 0 unspecified atom stereocenters. The van der Waals surface area contributed by atoms with Crippen LogP contribution in [-0.4, -0.2) is 39.3 Å². The van der Waals surface area contributed by atoms with Gasteiger partial charge < -0.3 is 9.47 Å². The molecule has 186 valence electrons. The second kappa shape index (κ2) is 9.09. The van der Waals surface area contributed by atoms with Crippen molar-refractivity contribution in [2.75, 3.05) is 19.6 Å². The van der Waals surface area contributed by atoms with Crippen LogP contribution in [0.1, 0.15) is 36.7 Å². The minimum absolute atomic E-state index is 0.000468. The molecule has 1 aliphatic heterocycles. The molecule has 1 saturated heterocycles. The van der Waals surface area contributed by atoms with Gasteiger partial charge in [-0.2, -0.15) is 13.2 Å². The highest BCUT2D eigenvalue weighted by molar-refractivity contribution is 6.36. The predicted octanol–water partition coefficient (Wildman–Crippen LogP) is 6.65. The summed E-state index contributed by atoms with van der Waals surface area (Å²) in [4.78, 5) is 2.46. The molecule has 2 aromatic carbocycles. The molecule has 0 spiro atoms. The van der Waals surface area contributed by atoms with Gasteiger partial charge in [-0.25, -0.2) is 0 Å². The number of hydrogen-bond acceptors (Lipinski definition) is 3. The van der Waals surface area contributed by atoms with Crippen molar-refractivity contribution in [1.82, 2.24) is 19.7 Å². The highest BCUT2D eigenvalue weighted by Gasteiger charge is 2.66.